The van der Waals surface area contributed by atoms with Crippen molar-refractivity contribution in [1.29, 1.82) is 0 Å². The highest BCUT2D eigenvalue weighted by Crippen LogP contribution is 2.34. The Labute approximate surface area is 76.1 Å². The zero-order valence-electron chi connectivity index (χ0n) is 7.76. The molecular weight excluding hydrogens is 168 g/mol. The lowest BCUT2D eigenvalue weighted by atomic mass is 9.78. The summed E-state index contributed by atoms with van der Waals surface area (Å²) in [4.78, 5) is 15.5. The largest absolute Gasteiger partial charge is 0.420 e. The van der Waals surface area contributed by atoms with Crippen LogP contribution < -0.4 is 5.73 Å². The lowest BCUT2D eigenvalue weighted by Gasteiger charge is -2.25. The van der Waals surface area contributed by atoms with Gasteiger partial charge in [0.2, 0.25) is 5.78 Å². The Hall–Kier alpha value is -1.32. The number of rotatable bonds is 0. The number of fused-ring (bicyclic) bond motifs is 1. The molecule has 0 radical (unpaired) electrons. The quantitative estimate of drug-likeness (QED) is 0.655. The smallest absolute Gasteiger partial charge is 0.292 e. The third-order valence-corrected chi connectivity index (χ3v) is 2.25. The molecule has 0 atom stereocenters. The van der Waals surface area contributed by atoms with Crippen molar-refractivity contribution in [3.8, 4) is 0 Å². The number of ketones is 1. The number of nitrogens with two attached hydrogens (primary N) is 1. The Morgan fingerprint density at radius 3 is 2.85 bits per heavy atom. The van der Waals surface area contributed by atoms with Crippen LogP contribution in [0.2, 0.25) is 0 Å². The molecule has 1 aromatic rings. The summed E-state index contributed by atoms with van der Waals surface area (Å²) in [5, 5.41) is 0. The van der Waals surface area contributed by atoms with Crippen molar-refractivity contribution < 1.29 is 9.21 Å². The van der Waals surface area contributed by atoms with E-state index in [2.05, 4.69) is 4.98 Å². The van der Waals surface area contributed by atoms with Crippen LogP contribution in [0.4, 0.5) is 6.01 Å². The van der Waals surface area contributed by atoms with Crippen molar-refractivity contribution in [2.24, 2.45) is 5.41 Å². The van der Waals surface area contributed by atoms with Crippen LogP contribution in [0.25, 0.3) is 0 Å². The summed E-state index contributed by atoms with van der Waals surface area (Å²) in [6, 6.07) is 0.0936. The molecule has 0 aliphatic heterocycles. The van der Waals surface area contributed by atoms with Gasteiger partial charge in [-0.1, -0.05) is 13.8 Å². The summed E-state index contributed by atoms with van der Waals surface area (Å²) in [5.74, 6) is 0.368. The number of hydrogen-bond donors (Lipinski definition) is 1. The first kappa shape index (κ1) is 8.29. The van der Waals surface area contributed by atoms with E-state index in [1.54, 1.807) is 0 Å². The van der Waals surface area contributed by atoms with Crippen LogP contribution in [-0.4, -0.2) is 10.8 Å². The van der Waals surface area contributed by atoms with Crippen LogP contribution in [-0.2, 0) is 6.42 Å². The van der Waals surface area contributed by atoms with E-state index in [1.165, 1.54) is 0 Å². The molecule has 0 spiro atoms. The molecule has 1 aliphatic rings. The monoisotopic (exact) mass is 180 g/mol. The van der Waals surface area contributed by atoms with E-state index >= 15 is 0 Å². The number of carbonyl (C=O) groups excluding carboxylic acids is 1. The molecule has 1 aliphatic carbocycles. The molecule has 0 bridgehead atoms. The predicted molar refractivity (Wildman–Crippen MR) is 47.3 cm³/mol. The van der Waals surface area contributed by atoms with Crippen molar-refractivity contribution in [2.45, 2.75) is 26.7 Å². The van der Waals surface area contributed by atoms with Gasteiger partial charge in [-0.25, -0.2) is 0 Å². The van der Waals surface area contributed by atoms with Gasteiger partial charge in [0, 0.05) is 6.42 Å². The number of oxazole rings is 1. The number of nitrogens with zero attached hydrogens (tertiary/aromatic N) is 1. The second-order valence-corrected chi connectivity index (χ2v) is 4.27. The van der Waals surface area contributed by atoms with Crippen molar-refractivity contribution in [3.63, 3.8) is 0 Å². The standard InChI is InChI=1S/C9H12N2O2/c1-9(2)3-5-7(6(12)4-9)13-8(10)11-5/h3-4H2,1-2H3,(H2,10,11). The fraction of sp³-hybridized carbons (Fsp3) is 0.556. The van der Waals surface area contributed by atoms with Gasteiger partial charge < -0.3 is 10.2 Å². The minimum absolute atomic E-state index is 0.00968. The zero-order valence-corrected chi connectivity index (χ0v) is 7.76. The Balaban J connectivity index is 2.48. The lowest BCUT2D eigenvalue weighted by Crippen LogP contribution is -2.26. The molecule has 13 heavy (non-hydrogen) atoms. The lowest BCUT2D eigenvalue weighted by molar-refractivity contribution is 0.0881. The maximum absolute atomic E-state index is 11.5. The van der Waals surface area contributed by atoms with E-state index < -0.39 is 0 Å². The van der Waals surface area contributed by atoms with E-state index in [1.807, 2.05) is 13.8 Å². The molecule has 2 N–H and O–H groups in total. The molecule has 4 nitrogen and oxygen atoms in total. The number of anilines is 1. The first-order valence-electron chi connectivity index (χ1n) is 4.26. The summed E-state index contributed by atoms with van der Waals surface area (Å²) in [6.45, 7) is 4.08. The van der Waals surface area contributed by atoms with Crippen LogP contribution in [0.5, 0.6) is 0 Å². The van der Waals surface area contributed by atoms with Crippen LogP contribution in [0, 0.1) is 5.41 Å². The molecule has 1 aromatic heterocycles. The molecule has 0 saturated carbocycles. The number of hydrogen-bond acceptors (Lipinski definition) is 4. The number of Topliss-reactive ketones (excluding diaryl/α,β-unsaturated/α-hetero) is 1. The topological polar surface area (TPSA) is 69.1 Å². The molecule has 4 heteroatoms. The Kier molecular flexibility index (Phi) is 1.49. The molecule has 2 rings (SSSR count). The van der Waals surface area contributed by atoms with Gasteiger partial charge >= 0.3 is 0 Å². The van der Waals surface area contributed by atoms with Crippen LogP contribution in [0.3, 0.4) is 0 Å². The molecule has 0 amide bonds. The van der Waals surface area contributed by atoms with Gasteiger partial charge in [0.1, 0.15) is 0 Å². The van der Waals surface area contributed by atoms with E-state index in [-0.39, 0.29) is 17.2 Å². The van der Waals surface area contributed by atoms with Gasteiger partial charge in [0.05, 0.1) is 5.69 Å². The van der Waals surface area contributed by atoms with Crippen LogP contribution in [0.1, 0.15) is 36.5 Å². The average Bonchev–Trinajstić information content (AvgIpc) is 2.27. The van der Waals surface area contributed by atoms with E-state index in [0.717, 1.165) is 6.42 Å². The zero-order chi connectivity index (χ0) is 9.64. The highest BCUT2D eigenvalue weighted by atomic mass is 16.4. The number of aromatic nitrogens is 1. The summed E-state index contributed by atoms with van der Waals surface area (Å²) in [6.07, 6.45) is 1.27. The van der Waals surface area contributed by atoms with Gasteiger partial charge in [0.15, 0.2) is 5.76 Å². The molecule has 70 valence electrons. The first-order chi connectivity index (χ1) is 5.98. The highest BCUT2D eigenvalue weighted by molar-refractivity contribution is 5.96. The van der Waals surface area contributed by atoms with E-state index in [4.69, 9.17) is 10.2 Å². The fourth-order valence-electron chi connectivity index (χ4n) is 1.74. The van der Waals surface area contributed by atoms with Crippen molar-refractivity contribution in [1.82, 2.24) is 4.98 Å². The second kappa shape index (κ2) is 2.34. The summed E-state index contributed by atoms with van der Waals surface area (Å²) >= 11 is 0. The second-order valence-electron chi connectivity index (χ2n) is 4.27. The summed E-state index contributed by atoms with van der Waals surface area (Å²) in [5.41, 5.74) is 6.07. The number of carbonyl (C=O) groups is 1. The normalized spacial score (nSPS) is 20.0. The van der Waals surface area contributed by atoms with Crippen molar-refractivity contribution in [3.05, 3.63) is 11.5 Å². The Bertz CT molecular complexity index is 366. The average molecular weight is 180 g/mol. The first-order valence-corrected chi connectivity index (χ1v) is 4.26. The van der Waals surface area contributed by atoms with Gasteiger partial charge in [0.25, 0.3) is 6.01 Å². The molecule has 0 unspecified atom stereocenters. The third kappa shape index (κ3) is 1.32. The van der Waals surface area contributed by atoms with E-state index in [9.17, 15) is 4.79 Å². The highest BCUT2D eigenvalue weighted by Gasteiger charge is 2.34. The SMILES string of the molecule is CC1(C)CC(=O)c2oc(N)nc2C1. The summed E-state index contributed by atoms with van der Waals surface area (Å²) in [7, 11) is 0. The minimum Gasteiger partial charge on any atom is -0.420 e. The van der Waals surface area contributed by atoms with Crippen molar-refractivity contribution in [2.75, 3.05) is 5.73 Å². The molecular formula is C9H12N2O2. The Morgan fingerprint density at radius 1 is 1.46 bits per heavy atom. The van der Waals surface area contributed by atoms with Gasteiger partial charge in [-0.3, -0.25) is 4.79 Å². The fourth-order valence-corrected chi connectivity index (χ4v) is 1.74. The summed E-state index contributed by atoms with van der Waals surface area (Å²) < 4.78 is 5.03. The van der Waals surface area contributed by atoms with Gasteiger partial charge in [-0.2, -0.15) is 4.98 Å². The Morgan fingerprint density at radius 2 is 2.15 bits per heavy atom. The molecule has 0 saturated heterocycles. The minimum atomic E-state index is -0.0204. The predicted octanol–water partition coefficient (Wildman–Crippen LogP) is 1.41. The number of nitrogen functional groups attached to an aromatic ring is 1. The van der Waals surface area contributed by atoms with Gasteiger partial charge in [-0.05, 0) is 11.8 Å². The molecule has 1 heterocycles. The van der Waals surface area contributed by atoms with Crippen LogP contribution >= 0.6 is 0 Å². The molecule has 0 aromatic carbocycles. The van der Waals surface area contributed by atoms with Crippen molar-refractivity contribution >= 4 is 11.8 Å². The molecule has 0 fully saturated rings. The third-order valence-electron chi connectivity index (χ3n) is 2.25. The van der Waals surface area contributed by atoms with Crippen LogP contribution in [0.15, 0.2) is 4.42 Å². The maximum atomic E-state index is 11.5. The van der Waals surface area contributed by atoms with Gasteiger partial charge in [-0.15, -0.1) is 0 Å². The van der Waals surface area contributed by atoms with E-state index in [0.29, 0.717) is 17.9 Å². The maximum Gasteiger partial charge on any atom is 0.292 e.